The van der Waals surface area contributed by atoms with Gasteiger partial charge in [-0.05, 0) is 19.1 Å². The van der Waals surface area contributed by atoms with Gasteiger partial charge in [0, 0.05) is 7.05 Å². The Balaban J connectivity index is 2.10. The van der Waals surface area contributed by atoms with E-state index in [9.17, 15) is 8.42 Å². The van der Waals surface area contributed by atoms with E-state index in [-0.39, 0.29) is 11.5 Å². The molecule has 0 saturated heterocycles. The summed E-state index contributed by atoms with van der Waals surface area (Å²) >= 11 is 0. The van der Waals surface area contributed by atoms with E-state index in [1.807, 2.05) is 6.92 Å². The van der Waals surface area contributed by atoms with E-state index >= 15 is 0 Å². The van der Waals surface area contributed by atoms with Gasteiger partial charge in [0.2, 0.25) is 0 Å². The highest BCUT2D eigenvalue weighted by Crippen LogP contribution is 2.14. The average molecular weight is 267 g/mol. The van der Waals surface area contributed by atoms with Crippen molar-refractivity contribution in [1.29, 1.82) is 0 Å². The number of rotatable bonds is 4. The maximum atomic E-state index is 11.8. The fourth-order valence-corrected chi connectivity index (χ4v) is 2.25. The van der Waals surface area contributed by atoms with Gasteiger partial charge in [-0.2, -0.15) is 23.4 Å². The van der Waals surface area contributed by atoms with Crippen molar-refractivity contribution in [1.82, 2.24) is 15.0 Å². The zero-order valence-corrected chi connectivity index (χ0v) is 10.9. The lowest BCUT2D eigenvalue weighted by Crippen LogP contribution is -2.07. The van der Waals surface area contributed by atoms with E-state index in [0.29, 0.717) is 5.69 Å². The lowest BCUT2D eigenvalue weighted by Gasteiger charge is -2.04. The highest BCUT2D eigenvalue weighted by atomic mass is 32.2. The Labute approximate surface area is 105 Å². The molecular weight excluding hydrogens is 254 g/mol. The molecule has 0 unspecified atom stereocenters. The average Bonchev–Trinajstić information content (AvgIpc) is 2.73. The SMILES string of the molecule is Cc1ccc(S(=O)(=O)OCc2cnn(C)n2)cc1. The summed E-state index contributed by atoms with van der Waals surface area (Å²) in [7, 11) is -2.09. The second-order valence-corrected chi connectivity index (χ2v) is 5.47. The number of aryl methyl sites for hydroxylation is 2. The van der Waals surface area contributed by atoms with Crippen molar-refractivity contribution >= 4 is 10.1 Å². The van der Waals surface area contributed by atoms with Crippen LogP contribution in [0.3, 0.4) is 0 Å². The first-order valence-corrected chi connectivity index (χ1v) is 6.69. The first kappa shape index (κ1) is 12.7. The minimum Gasteiger partial charge on any atom is -0.260 e. The molecule has 0 aliphatic carbocycles. The minimum absolute atomic E-state index is 0.121. The third kappa shape index (κ3) is 2.93. The molecule has 0 saturated carbocycles. The van der Waals surface area contributed by atoms with Gasteiger partial charge < -0.3 is 0 Å². The summed E-state index contributed by atoms with van der Waals surface area (Å²) in [5.74, 6) is 0. The Morgan fingerprint density at radius 3 is 2.50 bits per heavy atom. The van der Waals surface area contributed by atoms with E-state index in [1.54, 1.807) is 19.2 Å². The molecule has 0 bridgehead atoms. The standard InChI is InChI=1S/C11H13N3O3S/c1-9-3-5-11(6-4-9)18(15,16)17-8-10-7-12-14(2)13-10/h3-7H,8H2,1-2H3. The van der Waals surface area contributed by atoms with E-state index in [2.05, 4.69) is 10.2 Å². The predicted molar refractivity (Wildman–Crippen MR) is 64.2 cm³/mol. The van der Waals surface area contributed by atoms with Gasteiger partial charge in [-0.15, -0.1) is 0 Å². The molecule has 0 N–H and O–H groups in total. The lowest BCUT2D eigenvalue weighted by atomic mass is 10.2. The third-order valence-corrected chi connectivity index (χ3v) is 3.60. The number of hydrogen-bond acceptors (Lipinski definition) is 5. The van der Waals surface area contributed by atoms with Crippen LogP contribution < -0.4 is 0 Å². The van der Waals surface area contributed by atoms with Gasteiger partial charge in [0.25, 0.3) is 10.1 Å². The normalized spacial score (nSPS) is 11.7. The van der Waals surface area contributed by atoms with Crippen LogP contribution in [0.25, 0.3) is 0 Å². The van der Waals surface area contributed by atoms with E-state index < -0.39 is 10.1 Å². The second kappa shape index (κ2) is 4.87. The Morgan fingerprint density at radius 1 is 1.28 bits per heavy atom. The van der Waals surface area contributed by atoms with Crippen LogP contribution in [0.2, 0.25) is 0 Å². The van der Waals surface area contributed by atoms with Crippen LogP contribution in [0.1, 0.15) is 11.3 Å². The molecule has 1 aromatic heterocycles. The molecule has 96 valence electrons. The van der Waals surface area contributed by atoms with Crippen LogP contribution in [-0.4, -0.2) is 23.4 Å². The van der Waals surface area contributed by atoms with Gasteiger partial charge >= 0.3 is 0 Å². The Hall–Kier alpha value is -1.73. The van der Waals surface area contributed by atoms with Crippen molar-refractivity contribution in [3.8, 4) is 0 Å². The maximum Gasteiger partial charge on any atom is 0.297 e. The van der Waals surface area contributed by atoms with Crippen molar-refractivity contribution in [3.63, 3.8) is 0 Å². The first-order valence-electron chi connectivity index (χ1n) is 5.29. The largest absolute Gasteiger partial charge is 0.297 e. The Morgan fingerprint density at radius 2 is 1.94 bits per heavy atom. The fourth-order valence-electron chi connectivity index (χ4n) is 1.36. The molecule has 0 spiro atoms. The van der Waals surface area contributed by atoms with Gasteiger partial charge in [0.1, 0.15) is 12.3 Å². The zero-order chi connectivity index (χ0) is 13.2. The first-order chi connectivity index (χ1) is 8.47. The molecule has 2 rings (SSSR count). The predicted octanol–water partition coefficient (Wildman–Crippen LogP) is 1.03. The van der Waals surface area contributed by atoms with E-state index in [4.69, 9.17) is 4.18 Å². The number of aromatic nitrogens is 3. The molecule has 0 aliphatic rings. The molecule has 0 atom stereocenters. The summed E-state index contributed by atoms with van der Waals surface area (Å²) in [4.78, 5) is 1.48. The van der Waals surface area contributed by atoms with E-state index in [1.165, 1.54) is 23.1 Å². The third-order valence-electron chi connectivity index (χ3n) is 2.32. The van der Waals surface area contributed by atoms with Crippen LogP contribution in [0, 0.1) is 6.92 Å². The highest BCUT2D eigenvalue weighted by molar-refractivity contribution is 7.86. The molecular formula is C11H13N3O3S. The molecule has 0 fully saturated rings. The van der Waals surface area contributed by atoms with Gasteiger partial charge in [0.15, 0.2) is 0 Å². The van der Waals surface area contributed by atoms with Crippen molar-refractivity contribution < 1.29 is 12.6 Å². The number of nitrogens with zero attached hydrogens (tertiary/aromatic N) is 3. The summed E-state index contributed by atoms with van der Waals surface area (Å²) in [5.41, 5.74) is 1.45. The zero-order valence-electron chi connectivity index (χ0n) is 10.1. The van der Waals surface area contributed by atoms with E-state index in [0.717, 1.165) is 5.56 Å². The fraction of sp³-hybridized carbons (Fsp3) is 0.273. The van der Waals surface area contributed by atoms with Crippen molar-refractivity contribution in [2.24, 2.45) is 7.05 Å². The summed E-state index contributed by atoms with van der Waals surface area (Å²) in [6.45, 7) is 1.76. The van der Waals surface area contributed by atoms with Crippen LogP contribution >= 0.6 is 0 Å². The van der Waals surface area contributed by atoms with Crippen LogP contribution in [0.5, 0.6) is 0 Å². The quantitative estimate of drug-likeness (QED) is 0.773. The van der Waals surface area contributed by atoms with Gasteiger partial charge in [0.05, 0.1) is 11.1 Å². The molecule has 0 radical (unpaired) electrons. The minimum atomic E-state index is -3.74. The summed E-state index contributed by atoms with van der Waals surface area (Å²) in [5, 5.41) is 7.77. The molecule has 18 heavy (non-hydrogen) atoms. The molecule has 6 nitrogen and oxygen atoms in total. The smallest absolute Gasteiger partial charge is 0.260 e. The van der Waals surface area contributed by atoms with Gasteiger partial charge in [-0.1, -0.05) is 17.7 Å². The van der Waals surface area contributed by atoms with Gasteiger partial charge in [-0.3, -0.25) is 4.18 Å². The van der Waals surface area contributed by atoms with Crippen molar-refractivity contribution in [3.05, 3.63) is 41.7 Å². The second-order valence-electron chi connectivity index (χ2n) is 3.85. The summed E-state index contributed by atoms with van der Waals surface area (Å²) in [6, 6.07) is 6.47. The van der Waals surface area contributed by atoms with Gasteiger partial charge in [-0.25, -0.2) is 0 Å². The summed E-state index contributed by atoms with van der Waals surface area (Å²) < 4.78 is 28.6. The van der Waals surface area contributed by atoms with Crippen LogP contribution in [0.4, 0.5) is 0 Å². The van der Waals surface area contributed by atoms with Crippen LogP contribution in [-0.2, 0) is 28.0 Å². The Bertz CT molecular complexity index is 632. The number of benzene rings is 1. The highest BCUT2D eigenvalue weighted by Gasteiger charge is 2.15. The summed E-state index contributed by atoms with van der Waals surface area (Å²) in [6.07, 6.45) is 1.46. The molecule has 0 aliphatic heterocycles. The molecule has 7 heteroatoms. The van der Waals surface area contributed by atoms with Crippen LogP contribution in [0.15, 0.2) is 35.4 Å². The monoisotopic (exact) mass is 267 g/mol. The maximum absolute atomic E-state index is 11.8. The van der Waals surface area contributed by atoms with Crippen molar-refractivity contribution in [2.45, 2.75) is 18.4 Å². The molecule has 2 aromatic rings. The number of hydrogen-bond donors (Lipinski definition) is 0. The lowest BCUT2D eigenvalue weighted by molar-refractivity contribution is 0.302. The Kier molecular flexibility index (Phi) is 3.44. The molecule has 0 amide bonds. The molecule has 1 heterocycles. The van der Waals surface area contributed by atoms with Crippen molar-refractivity contribution in [2.75, 3.05) is 0 Å². The molecule has 1 aromatic carbocycles. The topological polar surface area (TPSA) is 74.1 Å².